The molecule has 30 heavy (non-hydrogen) atoms. The lowest BCUT2D eigenvalue weighted by atomic mass is 10.00. The number of aromatic nitrogens is 1. The number of rotatable bonds is 6. The van der Waals surface area contributed by atoms with E-state index in [1.807, 2.05) is 24.4 Å². The lowest BCUT2D eigenvalue weighted by molar-refractivity contribution is 0.148. The van der Waals surface area contributed by atoms with Crippen molar-refractivity contribution < 1.29 is 0 Å². The number of anilines is 1. The second kappa shape index (κ2) is 9.51. The summed E-state index contributed by atoms with van der Waals surface area (Å²) in [4.78, 5) is 9.56. The van der Waals surface area contributed by atoms with Gasteiger partial charge in [-0.1, -0.05) is 36.4 Å². The normalized spacial score (nSPS) is 15.7. The third-order valence-corrected chi connectivity index (χ3v) is 6.40. The average molecular weight is 420 g/mol. The highest BCUT2D eigenvalue weighted by atomic mass is 32.1. The van der Waals surface area contributed by atoms with Crippen LogP contribution in [0, 0.1) is 13.8 Å². The Bertz CT molecular complexity index is 1000. The molecule has 5 nitrogen and oxygen atoms in total. The summed E-state index contributed by atoms with van der Waals surface area (Å²) in [7, 11) is 2.20. The Morgan fingerprint density at radius 2 is 1.83 bits per heavy atom. The maximum absolute atomic E-state index is 4.63. The molecule has 0 saturated carbocycles. The molecule has 0 spiro atoms. The molecule has 0 atom stereocenters. The van der Waals surface area contributed by atoms with Crippen LogP contribution in [-0.4, -0.2) is 54.2 Å². The van der Waals surface area contributed by atoms with Gasteiger partial charge in [0.15, 0.2) is 0 Å². The summed E-state index contributed by atoms with van der Waals surface area (Å²) >= 11 is 1.57. The molecule has 1 N–H and O–H groups in total. The van der Waals surface area contributed by atoms with Crippen LogP contribution in [0.25, 0.3) is 11.3 Å². The Morgan fingerprint density at radius 1 is 1.07 bits per heavy atom. The fourth-order valence-corrected chi connectivity index (χ4v) is 4.36. The van der Waals surface area contributed by atoms with Crippen LogP contribution in [0.1, 0.15) is 22.3 Å². The van der Waals surface area contributed by atoms with Gasteiger partial charge in [0.2, 0.25) is 5.13 Å². The van der Waals surface area contributed by atoms with Crippen LogP contribution in [-0.2, 0) is 6.54 Å². The number of nitrogens with zero attached hydrogens (tertiary/aromatic N) is 4. The zero-order valence-electron chi connectivity index (χ0n) is 17.9. The minimum atomic E-state index is 0.799. The van der Waals surface area contributed by atoms with Gasteiger partial charge in [-0.2, -0.15) is 5.10 Å². The molecule has 1 aliphatic heterocycles. The average Bonchev–Trinajstić information content (AvgIpc) is 3.22. The second-order valence-corrected chi connectivity index (χ2v) is 8.85. The van der Waals surface area contributed by atoms with E-state index >= 15 is 0 Å². The van der Waals surface area contributed by atoms with Crippen molar-refractivity contribution in [2.45, 2.75) is 20.4 Å². The molecular weight excluding hydrogens is 390 g/mol. The quantitative estimate of drug-likeness (QED) is 0.468. The van der Waals surface area contributed by atoms with Crippen molar-refractivity contribution in [3.63, 3.8) is 0 Å². The summed E-state index contributed by atoms with van der Waals surface area (Å²) < 4.78 is 0. The van der Waals surface area contributed by atoms with Gasteiger partial charge in [0.05, 0.1) is 11.9 Å². The van der Waals surface area contributed by atoms with Gasteiger partial charge in [0.25, 0.3) is 0 Å². The van der Waals surface area contributed by atoms with Crippen LogP contribution >= 0.6 is 11.3 Å². The fourth-order valence-electron chi connectivity index (χ4n) is 3.70. The van der Waals surface area contributed by atoms with Crippen LogP contribution < -0.4 is 5.43 Å². The fraction of sp³-hybridized carbons (Fsp3) is 0.333. The summed E-state index contributed by atoms with van der Waals surface area (Å²) in [5.74, 6) is 0. The van der Waals surface area contributed by atoms with E-state index < -0.39 is 0 Å². The molecule has 1 aromatic heterocycles. The van der Waals surface area contributed by atoms with Crippen molar-refractivity contribution in [3.8, 4) is 11.3 Å². The summed E-state index contributed by atoms with van der Waals surface area (Å²) in [6, 6.07) is 14.8. The molecule has 3 aromatic rings. The number of nitrogens with one attached hydrogen (secondary N) is 1. The number of hydrazone groups is 1. The summed E-state index contributed by atoms with van der Waals surface area (Å²) in [5, 5.41) is 7.31. The number of piperazine rings is 1. The van der Waals surface area contributed by atoms with Gasteiger partial charge in [0, 0.05) is 43.7 Å². The van der Waals surface area contributed by atoms with Gasteiger partial charge >= 0.3 is 0 Å². The number of benzene rings is 2. The van der Waals surface area contributed by atoms with Gasteiger partial charge in [-0.05, 0) is 49.2 Å². The van der Waals surface area contributed by atoms with E-state index in [0.717, 1.165) is 54.7 Å². The van der Waals surface area contributed by atoms with Crippen molar-refractivity contribution in [1.29, 1.82) is 0 Å². The summed E-state index contributed by atoms with van der Waals surface area (Å²) in [6.45, 7) is 9.89. The second-order valence-electron chi connectivity index (χ2n) is 7.99. The van der Waals surface area contributed by atoms with E-state index in [9.17, 15) is 0 Å². The van der Waals surface area contributed by atoms with Crippen LogP contribution in [0.15, 0.2) is 52.9 Å². The smallest absolute Gasteiger partial charge is 0.203 e. The van der Waals surface area contributed by atoms with Crippen LogP contribution in [0.3, 0.4) is 0 Å². The molecule has 1 saturated heterocycles. The largest absolute Gasteiger partial charge is 0.304 e. The lowest BCUT2D eigenvalue weighted by Gasteiger charge is -2.32. The highest BCUT2D eigenvalue weighted by molar-refractivity contribution is 7.14. The van der Waals surface area contributed by atoms with Gasteiger partial charge in [-0.3, -0.25) is 10.3 Å². The molecule has 0 amide bonds. The van der Waals surface area contributed by atoms with Gasteiger partial charge in [-0.25, -0.2) is 4.98 Å². The number of hydrogen-bond donors (Lipinski definition) is 1. The topological polar surface area (TPSA) is 43.8 Å². The Morgan fingerprint density at radius 3 is 2.60 bits per heavy atom. The first-order valence-electron chi connectivity index (χ1n) is 10.4. The molecule has 1 fully saturated rings. The Kier molecular flexibility index (Phi) is 6.57. The lowest BCUT2D eigenvalue weighted by Crippen LogP contribution is -2.44. The SMILES string of the molecule is Cc1cc(C)c(CN2CCN(C)CC2)cc1C=NNc1nc(-c2ccccc2)cs1. The van der Waals surface area contributed by atoms with Crippen molar-refractivity contribution in [2.24, 2.45) is 5.10 Å². The third kappa shape index (κ3) is 5.14. The maximum atomic E-state index is 4.63. The monoisotopic (exact) mass is 419 g/mol. The van der Waals surface area contributed by atoms with E-state index in [0.29, 0.717) is 0 Å². The zero-order chi connectivity index (χ0) is 20.9. The van der Waals surface area contributed by atoms with E-state index in [-0.39, 0.29) is 0 Å². The number of hydrogen-bond acceptors (Lipinski definition) is 6. The minimum Gasteiger partial charge on any atom is -0.304 e. The first kappa shape index (κ1) is 20.7. The number of thiazole rings is 1. The molecule has 6 heteroatoms. The van der Waals surface area contributed by atoms with Gasteiger partial charge in [0.1, 0.15) is 0 Å². The van der Waals surface area contributed by atoms with Crippen molar-refractivity contribution in [2.75, 3.05) is 38.7 Å². The van der Waals surface area contributed by atoms with Gasteiger partial charge in [-0.15, -0.1) is 11.3 Å². The van der Waals surface area contributed by atoms with Gasteiger partial charge < -0.3 is 4.90 Å². The highest BCUT2D eigenvalue weighted by Crippen LogP contribution is 2.24. The van der Waals surface area contributed by atoms with Crippen LogP contribution in [0.5, 0.6) is 0 Å². The molecule has 0 radical (unpaired) electrons. The Balaban J connectivity index is 1.42. The standard InChI is InChI=1S/C24H29N5S/c1-18-13-19(2)22(16-29-11-9-28(3)10-12-29)14-21(18)15-25-27-24-26-23(17-30-24)20-7-5-4-6-8-20/h4-8,13-15,17H,9-12,16H2,1-3H3,(H,26,27). The van der Waals surface area contributed by atoms with E-state index in [1.54, 1.807) is 11.3 Å². The van der Waals surface area contributed by atoms with Crippen LogP contribution in [0.2, 0.25) is 0 Å². The first-order chi connectivity index (χ1) is 14.6. The van der Waals surface area contributed by atoms with Crippen molar-refractivity contribution in [1.82, 2.24) is 14.8 Å². The molecule has 0 bridgehead atoms. The zero-order valence-corrected chi connectivity index (χ0v) is 18.7. The highest BCUT2D eigenvalue weighted by Gasteiger charge is 2.15. The molecule has 0 aliphatic carbocycles. The van der Waals surface area contributed by atoms with Crippen molar-refractivity contribution in [3.05, 3.63) is 70.1 Å². The Hall–Kier alpha value is -2.54. The molecule has 0 unspecified atom stereocenters. The first-order valence-corrected chi connectivity index (χ1v) is 11.3. The predicted octanol–water partition coefficient (Wildman–Crippen LogP) is 4.62. The molecule has 1 aliphatic rings. The minimum absolute atomic E-state index is 0.799. The van der Waals surface area contributed by atoms with Crippen LogP contribution in [0.4, 0.5) is 5.13 Å². The molecular formula is C24H29N5S. The van der Waals surface area contributed by atoms with E-state index in [2.05, 4.69) is 75.9 Å². The molecule has 156 valence electrons. The van der Waals surface area contributed by atoms with E-state index in [4.69, 9.17) is 0 Å². The Labute approximate surface area is 183 Å². The van der Waals surface area contributed by atoms with Crippen molar-refractivity contribution >= 4 is 22.7 Å². The summed E-state index contributed by atoms with van der Waals surface area (Å²) in [6.07, 6.45) is 1.91. The third-order valence-electron chi connectivity index (χ3n) is 5.65. The van der Waals surface area contributed by atoms with E-state index in [1.165, 1.54) is 16.7 Å². The molecule has 2 heterocycles. The summed E-state index contributed by atoms with van der Waals surface area (Å²) in [5.41, 5.74) is 10.3. The molecule has 2 aromatic carbocycles. The number of likely N-dealkylation sites (N-methyl/N-ethyl adjacent to an activating group) is 1. The molecule has 4 rings (SSSR count). The predicted molar refractivity (Wildman–Crippen MR) is 127 cm³/mol. The number of aryl methyl sites for hydroxylation is 2. The maximum Gasteiger partial charge on any atom is 0.203 e.